The summed E-state index contributed by atoms with van der Waals surface area (Å²) in [5.74, 6) is 0. The van der Waals surface area contributed by atoms with Crippen LogP contribution in [0.1, 0.15) is 5.56 Å². The zero-order chi connectivity index (χ0) is 17.6. The average molecular weight is 372 g/mol. The minimum atomic E-state index is 0.455. The molecule has 0 heterocycles. The zero-order valence-corrected chi connectivity index (χ0v) is 15.3. The molecule has 0 unspecified atom stereocenters. The number of nitrogens with one attached hydrogen (secondary N) is 2. The van der Waals surface area contributed by atoms with Crippen LogP contribution in [0.15, 0.2) is 53.6 Å². The van der Waals surface area contributed by atoms with E-state index in [9.17, 15) is 0 Å². The van der Waals surface area contributed by atoms with Crippen LogP contribution in [0.3, 0.4) is 0 Å². The highest BCUT2D eigenvalue weighted by molar-refractivity contribution is 7.80. The Morgan fingerprint density at radius 3 is 2.20 bits per heavy atom. The van der Waals surface area contributed by atoms with Crippen molar-refractivity contribution in [2.45, 2.75) is 0 Å². The van der Waals surface area contributed by atoms with Gasteiger partial charge in [-0.1, -0.05) is 60.1 Å². The van der Waals surface area contributed by atoms with Gasteiger partial charge < -0.3 is 10.1 Å². The van der Waals surface area contributed by atoms with Crippen LogP contribution in [0.4, 0.5) is 0 Å². The van der Waals surface area contributed by atoms with E-state index >= 15 is 0 Å². The topological polar surface area (TPSA) is 45.6 Å². The van der Waals surface area contributed by atoms with Gasteiger partial charge in [0.25, 0.3) is 0 Å². The second-order valence-corrected chi connectivity index (χ2v) is 6.22. The van der Waals surface area contributed by atoms with E-state index in [1.165, 1.54) is 0 Å². The molecule has 0 amide bonds. The zero-order valence-electron chi connectivity index (χ0n) is 13.8. The Hall–Kier alpha value is -2.21. The lowest BCUT2D eigenvalue weighted by Crippen LogP contribution is -2.34. The number of ether oxygens (including phenoxy) is 1. The Kier molecular flexibility index (Phi) is 5.81. The van der Waals surface area contributed by atoms with Gasteiger partial charge in [-0.05, 0) is 23.0 Å². The van der Waals surface area contributed by atoms with E-state index in [-0.39, 0.29) is 0 Å². The molecule has 0 spiro atoms. The lowest BCUT2D eigenvalue weighted by Gasteiger charge is -2.11. The molecule has 0 fully saturated rings. The van der Waals surface area contributed by atoms with Crippen LogP contribution in [0.5, 0.6) is 0 Å². The van der Waals surface area contributed by atoms with Crippen LogP contribution >= 0.6 is 23.8 Å². The first-order chi connectivity index (χ1) is 12.2. The first-order valence-corrected chi connectivity index (χ1v) is 8.65. The van der Waals surface area contributed by atoms with Gasteiger partial charge in [0, 0.05) is 30.0 Å². The third-order valence-corrected chi connectivity index (χ3v) is 4.50. The summed E-state index contributed by atoms with van der Waals surface area (Å²) in [4.78, 5) is 0. The number of benzene rings is 3. The largest absolute Gasteiger partial charge is 0.383 e. The molecule has 0 saturated heterocycles. The third kappa shape index (κ3) is 3.90. The minimum Gasteiger partial charge on any atom is -0.383 e. The van der Waals surface area contributed by atoms with E-state index in [0.717, 1.165) is 32.1 Å². The summed E-state index contributed by atoms with van der Waals surface area (Å²) in [6, 6.07) is 16.1. The van der Waals surface area contributed by atoms with E-state index in [1.54, 1.807) is 13.3 Å². The molecule has 4 nitrogen and oxygen atoms in total. The van der Waals surface area contributed by atoms with Crippen molar-refractivity contribution >= 4 is 56.7 Å². The molecule has 6 heteroatoms. The molecule has 3 aromatic carbocycles. The number of nitrogens with zero attached hydrogens (tertiary/aromatic N) is 1. The highest BCUT2D eigenvalue weighted by Crippen LogP contribution is 2.35. The van der Waals surface area contributed by atoms with Crippen molar-refractivity contribution in [1.29, 1.82) is 0 Å². The maximum Gasteiger partial charge on any atom is 0.187 e. The number of hydrogen-bond donors (Lipinski definition) is 2. The summed E-state index contributed by atoms with van der Waals surface area (Å²) in [5.41, 5.74) is 3.84. The fourth-order valence-corrected chi connectivity index (χ4v) is 3.19. The monoisotopic (exact) mass is 371 g/mol. The van der Waals surface area contributed by atoms with Crippen LogP contribution in [-0.2, 0) is 4.74 Å². The second-order valence-electron chi connectivity index (χ2n) is 5.44. The van der Waals surface area contributed by atoms with Gasteiger partial charge >= 0.3 is 0 Å². The van der Waals surface area contributed by atoms with Crippen molar-refractivity contribution in [1.82, 2.24) is 10.7 Å². The SMILES string of the molecule is COCCNC(=S)NN=Cc1c2ccccc2c(Cl)c2ccccc12. The van der Waals surface area contributed by atoms with Crippen molar-refractivity contribution in [2.75, 3.05) is 20.3 Å². The summed E-state index contributed by atoms with van der Waals surface area (Å²) >= 11 is 11.8. The molecule has 2 N–H and O–H groups in total. The predicted octanol–water partition coefficient (Wildman–Crippen LogP) is 4.09. The summed E-state index contributed by atoms with van der Waals surface area (Å²) in [7, 11) is 1.65. The second kappa shape index (κ2) is 8.25. The Morgan fingerprint density at radius 1 is 1.08 bits per heavy atom. The molecule has 128 valence electrons. The number of hydrogen-bond acceptors (Lipinski definition) is 3. The maximum atomic E-state index is 6.60. The van der Waals surface area contributed by atoms with E-state index in [0.29, 0.717) is 18.3 Å². The number of halogens is 1. The van der Waals surface area contributed by atoms with Crippen molar-refractivity contribution in [2.24, 2.45) is 5.10 Å². The molecule has 0 aliphatic carbocycles. The van der Waals surface area contributed by atoms with Gasteiger partial charge in [0.05, 0.1) is 17.8 Å². The number of methoxy groups -OCH3 is 1. The summed E-state index contributed by atoms with van der Waals surface area (Å²) in [5, 5.41) is 12.6. The lowest BCUT2D eigenvalue weighted by atomic mass is 9.97. The highest BCUT2D eigenvalue weighted by Gasteiger charge is 2.10. The molecule has 0 bridgehead atoms. The van der Waals surface area contributed by atoms with Gasteiger partial charge in [-0.25, -0.2) is 0 Å². The molecule has 25 heavy (non-hydrogen) atoms. The van der Waals surface area contributed by atoms with Gasteiger partial charge in [0.15, 0.2) is 5.11 Å². The minimum absolute atomic E-state index is 0.455. The highest BCUT2D eigenvalue weighted by atomic mass is 35.5. The Balaban J connectivity index is 1.95. The first-order valence-electron chi connectivity index (χ1n) is 7.87. The van der Waals surface area contributed by atoms with Crippen LogP contribution in [0.2, 0.25) is 5.02 Å². The number of rotatable bonds is 5. The Bertz CT molecular complexity index is 885. The lowest BCUT2D eigenvalue weighted by molar-refractivity contribution is 0.204. The third-order valence-electron chi connectivity index (χ3n) is 3.86. The molecule has 0 aliphatic rings. The molecule has 0 radical (unpaired) electrons. The predicted molar refractivity (Wildman–Crippen MR) is 110 cm³/mol. The standard InChI is InChI=1S/C19H18ClN3OS/c1-24-11-10-21-19(25)23-22-12-17-13-6-2-4-8-15(13)18(20)16-9-5-3-7-14(16)17/h2-9,12H,10-11H2,1H3,(H2,21,23,25). The van der Waals surface area contributed by atoms with E-state index in [2.05, 4.69) is 15.8 Å². The van der Waals surface area contributed by atoms with Gasteiger partial charge in [0.2, 0.25) is 0 Å². The maximum absolute atomic E-state index is 6.60. The quantitative estimate of drug-likeness (QED) is 0.233. The Labute approximate surface area is 156 Å². The van der Waals surface area contributed by atoms with Crippen molar-refractivity contribution in [3.05, 3.63) is 59.1 Å². The van der Waals surface area contributed by atoms with Crippen LogP contribution < -0.4 is 10.7 Å². The van der Waals surface area contributed by atoms with Gasteiger partial charge in [0.1, 0.15) is 0 Å². The van der Waals surface area contributed by atoms with Crippen molar-refractivity contribution in [3.63, 3.8) is 0 Å². The molecule has 3 aromatic rings. The smallest absolute Gasteiger partial charge is 0.187 e. The molecule has 0 aromatic heterocycles. The molecule has 0 atom stereocenters. The van der Waals surface area contributed by atoms with Gasteiger partial charge in [-0.15, -0.1) is 0 Å². The van der Waals surface area contributed by atoms with E-state index < -0.39 is 0 Å². The number of fused-ring (bicyclic) bond motifs is 2. The molecule has 3 rings (SSSR count). The molecular formula is C19H18ClN3OS. The first kappa shape index (κ1) is 17.6. The fraction of sp³-hybridized carbons (Fsp3) is 0.158. The number of hydrazone groups is 1. The van der Waals surface area contributed by atoms with Crippen molar-refractivity contribution in [3.8, 4) is 0 Å². The summed E-state index contributed by atoms with van der Waals surface area (Å²) < 4.78 is 4.97. The van der Waals surface area contributed by atoms with E-state index in [4.69, 9.17) is 28.6 Å². The molecular weight excluding hydrogens is 354 g/mol. The van der Waals surface area contributed by atoms with E-state index in [1.807, 2.05) is 48.5 Å². The van der Waals surface area contributed by atoms with Crippen molar-refractivity contribution < 1.29 is 4.74 Å². The van der Waals surface area contributed by atoms with Gasteiger partial charge in [-0.3, -0.25) is 5.43 Å². The van der Waals surface area contributed by atoms with Gasteiger partial charge in [-0.2, -0.15) is 5.10 Å². The van der Waals surface area contributed by atoms with Crippen LogP contribution in [-0.4, -0.2) is 31.6 Å². The summed E-state index contributed by atoms with van der Waals surface area (Å²) in [6.07, 6.45) is 1.78. The number of thiocarbonyl (C=S) groups is 1. The Morgan fingerprint density at radius 2 is 1.64 bits per heavy atom. The molecule has 0 aliphatic heterocycles. The molecule has 0 saturated carbocycles. The average Bonchev–Trinajstić information content (AvgIpc) is 2.65. The fourth-order valence-electron chi connectivity index (χ4n) is 2.71. The van der Waals surface area contributed by atoms with Crippen LogP contribution in [0.25, 0.3) is 21.5 Å². The summed E-state index contributed by atoms with van der Waals surface area (Å²) in [6.45, 7) is 1.21. The normalized spacial score (nSPS) is 11.3. The van der Waals surface area contributed by atoms with Crippen LogP contribution in [0, 0.1) is 0 Å².